The molecule has 6 heteroatoms. The Morgan fingerprint density at radius 3 is 2.77 bits per heavy atom. The molecule has 2 rings (SSSR count). The Labute approximate surface area is 132 Å². The van der Waals surface area contributed by atoms with Crippen molar-refractivity contribution in [1.82, 2.24) is 20.1 Å². The van der Waals surface area contributed by atoms with Gasteiger partial charge in [0.15, 0.2) is 0 Å². The SMILES string of the molecule is CC(C(=O)NCCCNc1cccnc1)N1CCN(C)CC1. The van der Waals surface area contributed by atoms with Crippen molar-refractivity contribution in [2.75, 3.05) is 51.6 Å². The van der Waals surface area contributed by atoms with Gasteiger partial charge in [-0.25, -0.2) is 0 Å². The van der Waals surface area contributed by atoms with Crippen LogP contribution in [0, 0.1) is 0 Å². The Bertz CT molecular complexity index is 445. The molecule has 0 saturated carbocycles. The van der Waals surface area contributed by atoms with Crippen LogP contribution in [0.3, 0.4) is 0 Å². The van der Waals surface area contributed by atoms with Crippen LogP contribution in [0.5, 0.6) is 0 Å². The van der Waals surface area contributed by atoms with E-state index in [1.807, 2.05) is 19.1 Å². The summed E-state index contributed by atoms with van der Waals surface area (Å²) in [5.41, 5.74) is 1.01. The van der Waals surface area contributed by atoms with Gasteiger partial charge in [-0.05, 0) is 32.5 Å². The van der Waals surface area contributed by atoms with Gasteiger partial charge in [0.05, 0.1) is 11.7 Å². The maximum absolute atomic E-state index is 12.2. The van der Waals surface area contributed by atoms with Crippen LogP contribution < -0.4 is 10.6 Å². The quantitative estimate of drug-likeness (QED) is 0.724. The third-order valence-corrected chi connectivity index (χ3v) is 4.11. The number of rotatable bonds is 7. The van der Waals surface area contributed by atoms with Gasteiger partial charge in [0.2, 0.25) is 5.91 Å². The molecule has 2 N–H and O–H groups in total. The summed E-state index contributed by atoms with van der Waals surface area (Å²) in [7, 11) is 2.12. The van der Waals surface area contributed by atoms with Gasteiger partial charge in [-0.15, -0.1) is 0 Å². The van der Waals surface area contributed by atoms with E-state index in [2.05, 4.69) is 32.5 Å². The topological polar surface area (TPSA) is 60.5 Å². The van der Waals surface area contributed by atoms with Gasteiger partial charge in [0, 0.05) is 51.7 Å². The van der Waals surface area contributed by atoms with Gasteiger partial charge >= 0.3 is 0 Å². The lowest BCUT2D eigenvalue weighted by Gasteiger charge is -2.35. The number of carbonyl (C=O) groups is 1. The van der Waals surface area contributed by atoms with Gasteiger partial charge in [-0.3, -0.25) is 14.7 Å². The van der Waals surface area contributed by atoms with Crippen LogP contribution in [0.1, 0.15) is 13.3 Å². The van der Waals surface area contributed by atoms with Crippen LogP contribution in [0.15, 0.2) is 24.5 Å². The molecule has 1 aliphatic rings. The maximum atomic E-state index is 12.2. The van der Waals surface area contributed by atoms with Crippen molar-refractivity contribution in [2.45, 2.75) is 19.4 Å². The minimum Gasteiger partial charge on any atom is -0.384 e. The molecule has 22 heavy (non-hydrogen) atoms. The monoisotopic (exact) mass is 305 g/mol. The number of likely N-dealkylation sites (N-methyl/N-ethyl adjacent to an activating group) is 1. The minimum absolute atomic E-state index is 0.0417. The molecule has 1 saturated heterocycles. The largest absolute Gasteiger partial charge is 0.384 e. The van der Waals surface area contributed by atoms with E-state index in [1.54, 1.807) is 12.4 Å². The Morgan fingerprint density at radius 1 is 1.32 bits per heavy atom. The second-order valence-electron chi connectivity index (χ2n) is 5.83. The number of carbonyl (C=O) groups excluding carboxylic acids is 1. The number of amides is 1. The number of hydrogen-bond acceptors (Lipinski definition) is 5. The van der Waals surface area contributed by atoms with E-state index in [0.717, 1.165) is 44.8 Å². The van der Waals surface area contributed by atoms with Gasteiger partial charge in [0.1, 0.15) is 0 Å². The second kappa shape index (κ2) is 8.70. The normalized spacial score (nSPS) is 17.9. The van der Waals surface area contributed by atoms with Crippen molar-refractivity contribution in [1.29, 1.82) is 0 Å². The average Bonchev–Trinajstić information content (AvgIpc) is 2.55. The highest BCUT2D eigenvalue weighted by Crippen LogP contribution is 2.05. The lowest BCUT2D eigenvalue weighted by atomic mass is 10.2. The van der Waals surface area contributed by atoms with E-state index in [4.69, 9.17) is 0 Å². The summed E-state index contributed by atoms with van der Waals surface area (Å²) in [6.07, 6.45) is 4.45. The van der Waals surface area contributed by atoms with Gasteiger partial charge < -0.3 is 15.5 Å². The van der Waals surface area contributed by atoms with Crippen LogP contribution in [0.4, 0.5) is 5.69 Å². The summed E-state index contributed by atoms with van der Waals surface area (Å²) in [5, 5.41) is 6.31. The zero-order chi connectivity index (χ0) is 15.8. The molecule has 1 unspecified atom stereocenters. The summed E-state index contributed by atoms with van der Waals surface area (Å²) in [5.74, 6) is 0.130. The van der Waals surface area contributed by atoms with Crippen molar-refractivity contribution in [3.8, 4) is 0 Å². The fourth-order valence-corrected chi connectivity index (χ4v) is 2.52. The smallest absolute Gasteiger partial charge is 0.237 e. The third-order valence-electron chi connectivity index (χ3n) is 4.11. The van der Waals surface area contributed by atoms with E-state index < -0.39 is 0 Å². The molecule has 1 aromatic rings. The van der Waals surface area contributed by atoms with Crippen LogP contribution in [-0.2, 0) is 4.79 Å². The van der Waals surface area contributed by atoms with Gasteiger partial charge in [-0.2, -0.15) is 0 Å². The fourth-order valence-electron chi connectivity index (χ4n) is 2.52. The molecular formula is C16H27N5O. The van der Waals surface area contributed by atoms with Crippen molar-refractivity contribution in [3.63, 3.8) is 0 Å². The summed E-state index contributed by atoms with van der Waals surface area (Å²) < 4.78 is 0. The number of anilines is 1. The number of nitrogens with zero attached hydrogens (tertiary/aromatic N) is 3. The molecule has 2 heterocycles. The standard InChI is InChI=1S/C16H27N5O/c1-14(21-11-9-20(2)10-12-21)16(22)19-8-4-7-18-15-5-3-6-17-13-15/h3,5-6,13-14,18H,4,7-12H2,1-2H3,(H,19,22). The van der Waals surface area contributed by atoms with Gasteiger partial charge in [-0.1, -0.05) is 0 Å². The van der Waals surface area contributed by atoms with E-state index in [0.29, 0.717) is 6.54 Å². The first-order valence-corrected chi connectivity index (χ1v) is 8.01. The zero-order valence-corrected chi connectivity index (χ0v) is 13.6. The highest BCUT2D eigenvalue weighted by atomic mass is 16.2. The molecule has 0 bridgehead atoms. The Hall–Kier alpha value is -1.66. The lowest BCUT2D eigenvalue weighted by Crippen LogP contribution is -2.53. The Balaban J connectivity index is 1.59. The third kappa shape index (κ3) is 5.27. The van der Waals surface area contributed by atoms with E-state index in [9.17, 15) is 4.79 Å². The van der Waals surface area contributed by atoms with Crippen LogP contribution in [0.2, 0.25) is 0 Å². The van der Waals surface area contributed by atoms with Crippen molar-refractivity contribution in [3.05, 3.63) is 24.5 Å². The summed E-state index contributed by atoms with van der Waals surface area (Å²) >= 11 is 0. The number of piperazine rings is 1. The molecule has 6 nitrogen and oxygen atoms in total. The van der Waals surface area contributed by atoms with Crippen LogP contribution in [-0.4, -0.2) is 73.0 Å². The first-order valence-electron chi connectivity index (χ1n) is 8.01. The number of hydrogen-bond donors (Lipinski definition) is 2. The number of pyridine rings is 1. The molecule has 1 atom stereocenters. The van der Waals surface area contributed by atoms with Crippen molar-refractivity contribution < 1.29 is 4.79 Å². The minimum atomic E-state index is -0.0417. The van der Waals surface area contributed by atoms with Crippen LogP contribution >= 0.6 is 0 Å². The molecule has 0 radical (unpaired) electrons. The average molecular weight is 305 g/mol. The van der Waals surface area contributed by atoms with Crippen LogP contribution in [0.25, 0.3) is 0 Å². The van der Waals surface area contributed by atoms with Crippen molar-refractivity contribution >= 4 is 11.6 Å². The molecule has 0 aromatic carbocycles. The second-order valence-corrected chi connectivity index (χ2v) is 5.83. The molecule has 0 aliphatic carbocycles. The highest BCUT2D eigenvalue weighted by molar-refractivity contribution is 5.81. The van der Waals surface area contributed by atoms with Gasteiger partial charge in [0.25, 0.3) is 0 Å². The van der Waals surface area contributed by atoms with E-state index >= 15 is 0 Å². The molecule has 122 valence electrons. The Morgan fingerprint density at radius 2 is 2.09 bits per heavy atom. The predicted octanol–water partition coefficient (Wildman–Crippen LogP) is 0.636. The van der Waals surface area contributed by atoms with E-state index in [-0.39, 0.29) is 11.9 Å². The fraction of sp³-hybridized carbons (Fsp3) is 0.625. The molecule has 1 amide bonds. The summed E-state index contributed by atoms with van der Waals surface area (Å²) in [6, 6.07) is 3.85. The summed E-state index contributed by atoms with van der Waals surface area (Å²) in [4.78, 5) is 20.8. The zero-order valence-electron chi connectivity index (χ0n) is 13.6. The molecule has 0 spiro atoms. The summed E-state index contributed by atoms with van der Waals surface area (Å²) in [6.45, 7) is 7.52. The van der Waals surface area contributed by atoms with E-state index in [1.165, 1.54) is 0 Å². The molecule has 1 fully saturated rings. The Kier molecular flexibility index (Phi) is 6.61. The maximum Gasteiger partial charge on any atom is 0.237 e. The molecular weight excluding hydrogens is 278 g/mol. The lowest BCUT2D eigenvalue weighted by molar-refractivity contribution is -0.126. The van der Waals surface area contributed by atoms with Crippen molar-refractivity contribution in [2.24, 2.45) is 0 Å². The molecule has 1 aromatic heterocycles. The number of nitrogens with one attached hydrogen (secondary N) is 2. The highest BCUT2D eigenvalue weighted by Gasteiger charge is 2.23. The first kappa shape index (κ1) is 16.7. The first-order chi connectivity index (χ1) is 10.7. The predicted molar refractivity (Wildman–Crippen MR) is 88.9 cm³/mol. The number of aromatic nitrogens is 1. The molecule has 1 aliphatic heterocycles.